The third-order valence-corrected chi connectivity index (χ3v) is 3.74. The van der Waals surface area contributed by atoms with E-state index in [0.717, 1.165) is 11.3 Å². The van der Waals surface area contributed by atoms with Gasteiger partial charge in [-0.1, -0.05) is 30.3 Å². The SMILES string of the molecule is O=C1c2ccccc2O[C@@H]2COc3ccccc3[C@H]12. The molecule has 0 aromatic heterocycles. The lowest BCUT2D eigenvalue weighted by Gasteiger charge is -2.36. The standard InChI is InChI=1S/C16H12O3/c17-16-11-6-2-4-8-13(11)19-14-9-18-12-7-3-1-5-10(12)15(14)16/h1-8,14-15H,9H2/t14-,15+/m1/s1. The molecule has 0 bridgehead atoms. The molecule has 2 aromatic rings. The molecule has 3 nitrogen and oxygen atoms in total. The lowest BCUT2D eigenvalue weighted by molar-refractivity contribution is 0.0561. The monoisotopic (exact) mass is 252 g/mol. The summed E-state index contributed by atoms with van der Waals surface area (Å²) in [6.07, 6.45) is -0.225. The van der Waals surface area contributed by atoms with Gasteiger partial charge in [0.25, 0.3) is 0 Å². The Morgan fingerprint density at radius 3 is 2.58 bits per heavy atom. The maximum atomic E-state index is 12.7. The highest BCUT2D eigenvalue weighted by Gasteiger charge is 2.42. The van der Waals surface area contributed by atoms with Gasteiger partial charge in [-0.15, -0.1) is 0 Å². The molecule has 0 radical (unpaired) electrons. The Bertz CT molecular complexity index is 663. The van der Waals surface area contributed by atoms with E-state index < -0.39 is 0 Å². The van der Waals surface area contributed by atoms with Crippen molar-refractivity contribution in [3.63, 3.8) is 0 Å². The molecule has 0 amide bonds. The van der Waals surface area contributed by atoms with E-state index in [1.807, 2.05) is 48.5 Å². The van der Waals surface area contributed by atoms with Gasteiger partial charge < -0.3 is 9.47 Å². The summed E-state index contributed by atoms with van der Waals surface area (Å²) in [7, 11) is 0. The fraction of sp³-hybridized carbons (Fsp3) is 0.188. The van der Waals surface area contributed by atoms with E-state index in [1.54, 1.807) is 0 Å². The van der Waals surface area contributed by atoms with E-state index in [1.165, 1.54) is 0 Å². The van der Waals surface area contributed by atoms with Crippen LogP contribution in [0.5, 0.6) is 11.5 Å². The molecule has 0 fully saturated rings. The fourth-order valence-electron chi connectivity index (χ4n) is 2.85. The Morgan fingerprint density at radius 1 is 0.947 bits per heavy atom. The van der Waals surface area contributed by atoms with Crippen LogP contribution in [-0.4, -0.2) is 18.5 Å². The number of fused-ring (bicyclic) bond motifs is 4. The maximum absolute atomic E-state index is 12.7. The van der Waals surface area contributed by atoms with Gasteiger partial charge >= 0.3 is 0 Å². The molecular formula is C16H12O3. The first-order valence-corrected chi connectivity index (χ1v) is 6.36. The number of ether oxygens (including phenoxy) is 2. The smallest absolute Gasteiger partial charge is 0.178 e. The molecule has 94 valence electrons. The Kier molecular flexibility index (Phi) is 2.15. The average molecular weight is 252 g/mol. The Hall–Kier alpha value is -2.29. The lowest BCUT2D eigenvalue weighted by Crippen LogP contribution is -2.42. The minimum absolute atomic E-state index is 0.127. The first kappa shape index (κ1) is 10.6. The molecule has 0 saturated carbocycles. The summed E-state index contributed by atoms with van der Waals surface area (Å²) in [5.41, 5.74) is 1.60. The van der Waals surface area contributed by atoms with Crippen LogP contribution in [0.25, 0.3) is 0 Å². The fourth-order valence-corrected chi connectivity index (χ4v) is 2.85. The summed E-state index contributed by atoms with van der Waals surface area (Å²) in [5.74, 6) is 1.33. The van der Waals surface area contributed by atoms with Gasteiger partial charge in [0, 0.05) is 5.56 Å². The zero-order chi connectivity index (χ0) is 12.8. The normalized spacial score (nSPS) is 23.5. The number of Topliss-reactive ketones (excluding diaryl/α,β-unsaturated/α-hetero) is 1. The molecule has 2 heterocycles. The molecule has 4 rings (SSSR count). The third kappa shape index (κ3) is 1.48. The number of ketones is 1. The van der Waals surface area contributed by atoms with Crippen molar-refractivity contribution in [3.8, 4) is 11.5 Å². The molecule has 2 aliphatic heterocycles. The van der Waals surface area contributed by atoms with Gasteiger partial charge in [0.2, 0.25) is 0 Å². The van der Waals surface area contributed by atoms with Gasteiger partial charge in [-0.25, -0.2) is 0 Å². The predicted octanol–water partition coefficient (Wildman–Crippen LogP) is 2.81. The van der Waals surface area contributed by atoms with Crippen LogP contribution in [0.4, 0.5) is 0 Å². The van der Waals surface area contributed by atoms with Crippen LogP contribution in [0.3, 0.4) is 0 Å². The van der Waals surface area contributed by atoms with Crippen LogP contribution in [0.2, 0.25) is 0 Å². The molecule has 0 unspecified atom stereocenters. The molecule has 0 aliphatic carbocycles. The van der Waals surface area contributed by atoms with Crippen LogP contribution in [0, 0.1) is 0 Å². The van der Waals surface area contributed by atoms with Gasteiger partial charge in [0.05, 0.1) is 11.5 Å². The average Bonchev–Trinajstić information content (AvgIpc) is 2.47. The van der Waals surface area contributed by atoms with Crippen molar-refractivity contribution in [1.29, 1.82) is 0 Å². The maximum Gasteiger partial charge on any atom is 0.178 e. The minimum atomic E-state index is -0.250. The number of carbonyl (C=O) groups excluding carboxylic acids is 1. The van der Waals surface area contributed by atoms with Gasteiger partial charge in [-0.3, -0.25) is 4.79 Å². The number of carbonyl (C=O) groups is 1. The van der Waals surface area contributed by atoms with Crippen LogP contribution in [0.1, 0.15) is 21.8 Å². The Morgan fingerprint density at radius 2 is 1.68 bits per heavy atom. The minimum Gasteiger partial charge on any atom is -0.489 e. The van der Waals surface area contributed by atoms with Crippen LogP contribution in [0.15, 0.2) is 48.5 Å². The molecular weight excluding hydrogens is 240 g/mol. The van der Waals surface area contributed by atoms with Crippen molar-refractivity contribution in [2.75, 3.05) is 6.61 Å². The van der Waals surface area contributed by atoms with Gasteiger partial charge in [0.15, 0.2) is 5.78 Å². The third-order valence-electron chi connectivity index (χ3n) is 3.74. The van der Waals surface area contributed by atoms with Crippen molar-refractivity contribution in [3.05, 3.63) is 59.7 Å². The highest BCUT2D eigenvalue weighted by molar-refractivity contribution is 6.05. The predicted molar refractivity (Wildman–Crippen MR) is 69.9 cm³/mol. The summed E-state index contributed by atoms with van der Waals surface area (Å²) < 4.78 is 11.6. The van der Waals surface area contributed by atoms with Gasteiger partial charge in [0.1, 0.15) is 24.2 Å². The van der Waals surface area contributed by atoms with Crippen molar-refractivity contribution in [2.45, 2.75) is 12.0 Å². The van der Waals surface area contributed by atoms with Gasteiger partial charge in [-0.05, 0) is 18.2 Å². The van der Waals surface area contributed by atoms with Crippen molar-refractivity contribution >= 4 is 5.78 Å². The lowest BCUT2D eigenvalue weighted by atomic mass is 9.82. The second-order valence-corrected chi connectivity index (χ2v) is 4.84. The van der Waals surface area contributed by atoms with Crippen LogP contribution >= 0.6 is 0 Å². The summed E-state index contributed by atoms with van der Waals surface area (Å²) in [6, 6.07) is 15.1. The van der Waals surface area contributed by atoms with Crippen molar-refractivity contribution in [2.24, 2.45) is 0 Å². The second-order valence-electron chi connectivity index (χ2n) is 4.84. The number of benzene rings is 2. The van der Waals surface area contributed by atoms with Crippen LogP contribution < -0.4 is 9.47 Å². The Balaban J connectivity index is 1.87. The quantitative estimate of drug-likeness (QED) is 0.723. The van der Waals surface area contributed by atoms with E-state index >= 15 is 0 Å². The highest BCUT2D eigenvalue weighted by Crippen LogP contribution is 2.42. The zero-order valence-corrected chi connectivity index (χ0v) is 10.2. The molecule has 2 atom stereocenters. The van der Waals surface area contributed by atoms with E-state index in [0.29, 0.717) is 17.9 Å². The van der Waals surface area contributed by atoms with Crippen molar-refractivity contribution in [1.82, 2.24) is 0 Å². The topological polar surface area (TPSA) is 35.5 Å². The van der Waals surface area contributed by atoms with Gasteiger partial charge in [-0.2, -0.15) is 0 Å². The molecule has 0 saturated heterocycles. The highest BCUT2D eigenvalue weighted by atomic mass is 16.5. The summed E-state index contributed by atoms with van der Waals surface area (Å²) in [6.45, 7) is 0.418. The number of hydrogen-bond acceptors (Lipinski definition) is 3. The second kappa shape index (κ2) is 3.85. The Labute approximate surface area is 110 Å². The zero-order valence-electron chi connectivity index (χ0n) is 10.2. The summed E-state index contributed by atoms with van der Waals surface area (Å²) >= 11 is 0. The summed E-state index contributed by atoms with van der Waals surface area (Å²) in [5, 5.41) is 0. The molecule has 2 aromatic carbocycles. The largest absolute Gasteiger partial charge is 0.489 e. The molecule has 0 spiro atoms. The van der Waals surface area contributed by atoms with E-state index in [9.17, 15) is 4.79 Å². The summed E-state index contributed by atoms with van der Waals surface area (Å²) in [4.78, 5) is 12.7. The number of para-hydroxylation sites is 2. The first-order valence-electron chi connectivity index (χ1n) is 6.36. The first-order chi connectivity index (χ1) is 9.34. The van der Waals surface area contributed by atoms with E-state index in [4.69, 9.17) is 9.47 Å². The number of hydrogen-bond donors (Lipinski definition) is 0. The molecule has 19 heavy (non-hydrogen) atoms. The molecule has 3 heteroatoms. The molecule has 0 N–H and O–H groups in total. The van der Waals surface area contributed by atoms with Crippen LogP contribution in [-0.2, 0) is 0 Å². The molecule has 2 aliphatic rings. The van der Waals surface area contributed by atoms with E-state index in [-0.39, 0.29) is 17.8 Å². The van der Waals surface area contributed by atoms with Crippen molar-refractivity contribution < 1.29 is 14.3 Å². The van der Waals surface area contributed by atoms with E-state index in [2.05, 4.69) is 0 Å². The number of rotatable bonds is 0.